The van der Waals surface area contributed by atoms with Gasteiger partial charge in [-0.15, -0.1) is 0 Å². The lowest BCUT2D eigenvalue weighted by atomic mass is 9.73. The molecule has 2 fully saturated rings. The van der Waals surface area contributed by atoms with Gasteiger partial charge in [0, 0.05) is 5.92 Å². The molecule has 0 bridgehead atoms. The fourth-order valence-electron chi connectivity index (χ4n) is 2.41. The monoisotopic (exact) mass is 210 g/mol. The maximum absolute atomic E-state index is 11.8. The SMILES string of the molecule is CCOC(=O)[C@@]1(C)C(=O)CC(=O)[C@@H]2C[C@H]21. The summed E-state index contributed by atoms with van der Waals surface area (Å²) >= 11 is 0. The first kappa shape index (κ1) is 10.3. The second kappa shape index (κ2) is 3.15. The first-order valence-electron chi connectivity index (χ1n) is 5.25. The average Bonchev–Trinajstić information content (AvgIpc) is 2.95. The van der Waals surface area contributed by atoms with Crippen LogP contribution < -0.4 is 0 Å². The maximum Gasteiger partial charge on any atom is 0.319 e. The number of hydrogen-bond acceptors (Lipinski definition) is 4. The molecule has 4 heteroatoms. The number of esters is 1. The van der Waals surface area contributed by atoms with Crippen LogP contribution in [0.4, 0.5) is 0 Å². The van der Waals surface area contributed by atoms with Crippen molar-refractivity contribution in [3.05, 3.63) is 0 Å². The van der Waals surface area contributed by atoms with Gasteiger partial charge in [-0.05, 0) is 26.2 Å². The molecular weight excluding hydrogens is 196 g/mol. The highest BCUT2D eigenvalue weighted by Crippen LogP contribution is 2.56. The summed E-state index contributed by atoms with van der Waals surface area (Å²) in [5.41, 5.74) is -1.06. The largest absolute Gasteiger partial charge is 0.465 e. The Morgan fingerprint density at radius 2 is 2.20 bits per heavy atom. The van der Waals surface area contributed by atoms with Gasteiger partial charge in [-0.2, -0.15) is 0 Å². The molecule has 2 aliphatic carbocycles. The number of ketones is 2. The Morgan fingerprint density at radius 1 is 1.53 bits per heavy atom. The van der Waals surface area contributed by atoms with Gasteiger partial charge in [-0.25, -0.2) is 0 Å². The van der Waals surface area contributed by atoms with Gasteiger partial charge in [0.1, 0.15) is 11.2 Å². The number of ether oxygens (including phenoxy) is 1. The number of Topliss-reactive ketones (excluding diaryl/α,β-unsaturated/α-hetero) is 2. The van der Waals surface area contributed by atoms with Crippen molar-refractivity contribution in [2.75, 3.05) is 6.61 Å². The first-order chi connectivity index (χ1) is 7.01. The third kappa shape index (κ3) is 1.31. The van der Waals surface area contributed by atoms with Crippen molar-refractivity contribution in [1.29, 1.82) is 0 Å². The molecule has 0 amide bonds. The molecule has 0 unspecified atom stereocenters. The lowest BCUT2D eigenvalue weighted by Crippen LogP contribution is -2.44. The number of hydrogen-bond donors (Lipinski definition) is 0. The Balaban J connectivity index is 2.24. The number of carbonyl (C=O) groups excluding carboxylic acids is 3. The Bertz CT molecular complexity index is 346. The van der Waals surface area contributed by atoms with Gasteiger partial charge in [0.25, 0.3) is 0 Å². The van der Waals surface area contributed by atoms with Crippen molar-refractivity contribution in [3.8, 4) is 0 Å². The molecule has 0 saturated heterocycles. The fourth-order valence-corrected chi connectivity index (χ4v) is 2.41. The van der Waals surface area contributed by atoms with Crippen LogP contribution in [0.25, 0.3) is 0 Å². The molecular formula is C11H14O4. The number of rotatable bonds is 2. The van der Waals surface area contributed by atoms with E-state index in [4.69, 9.17) is 4.74 Å². The maximum atomic E-state index is 11.8. The predicted molar refractivity (Wildman–Crippen MR) is 51.0 cm³/mol. The Labute approximate surface area is 88.0 Å². The molecule has 0 spiro atoms. The highest BCUT2D eigenvalue weighted by atomic mass is 16.5. The summed E-state index contributed by atoms with van der Waals surface area (Å²) < 4.78 is 4.92. The zero-order chi connectivity index (χ0) is 11.2. The molecule has 0 aromatic heterocycles. The van der Waals surface area contributed by atoms with Crippen molar-refractivity contribution in [1.82, 2.24) is 0 Å². The van der Waals surface area contributed by atoms with E-state index in [0.717, 1.165) is 0 Å². The second-order valence-corrected chi connectivity index (χ2v) is 4.44. The molecule has 15 heavy (non-hydrogen) atoms. The summed E-state index contributed by atoms with van der Waals surface area (Å²) in [5, 5.41) is 0. The number of carbonyl (C=O) groups is 3. The highest BCUT2D eigenvalue weighted by molar-refractivity contribution is 6.15. The van der Waals surface area contributed by atoms with Gasteiger partial charge in [0.15, 0.2) is 5.78 Å². The van der Waals surface area contributed by atoms with Gasteiger partial charge in [0.2, 0.25) is 0 Å². The van der Waals surface area contributed by atoms with Crippen LogP contribution in [0.1, 0.15) is 26.7 Å². The lowest BCUT2D eigenvalue weighted by molar-refractivity contribution is -0.162. The van der Waals surface area contributed by atoms with Gasteiger partial charge < -0.3 is 4.74 Å². The predicted octanol–water partition coefficient (Wildman–Crippen LogP) is 0.734. The Kier molecular flexibility index (Phi) is 2.17. The van der Waals surface area contributed by atoms with E-state index in [9.17, 15) is 14.4 Å². The minimum atomic E-state index is -1.06. The van der Waals surface area contributed by atoms with E-state index < -0.39 is 11.4 Å². The van der Waals surface area contributed by atoms with Crippen LogP contribution in [0.5, 0.6) is 0 Å². The minimum absolute atomic E-state index is 0.00762. The Hall–Kier alpha value is -1.19. The van der Waals surface area contributed by atoms with Crippen LogP contribution >= 0.6 is 0 Å². The van der Waals surface area contributed by atoms with Crippen molar-refractivity contribution >= 4 is 17.5 Å². The normalized spacial score (nSPS) is 38.5. The smallest absolute Gasteiger partial charge is 0.319 e. The van der Waals surface area contributed by atoms with Crippen molar-refractivity contribution in [3.63, 3.8) is 0 Å². The lowest BCUT2D eigenvalue weighted by Gasteiger charge is -2.28. The average molecular weight is 210 g/mol. The van der Waals surface area contributed by atoms with Crippen LogP contribution in [0, 0.1) is 17.3 Å². The van der Waals surface area contributed by atoms with Crippen molar-refractivity contribution < 1.29 is 19.1 Å². The second-order valence-electron chi connectivity index (χ2n) is 4.44. The van der Waals surface area contributed by atoms with E-state index in [1.165, 1.54) is 0 Å². The summed E-state index contributed by atoms with van der Waals surface area (Å²) in [4.78, 5) is 34.8. The van der Waals surface area contributed by atoms with Crippen LogP contribution in [0.15, 0.2) is 0 Å². The van der Waals surface area contributed by atoms with Crippen molar-refractivity contribution in [2.45, 2.75) is 26.7 Å². The third-order valence-electron chi connectivity index (χ3n) is 3.56. The molecule has 0 heterocycles. The van der Waals surface area contributed by atoms with E-state index in [1.54, 1.807) is 13.8 Å². The zero-order valence-electron chi connectivity index (χ0n) is 8.91. The molecule has 2 saturated carbocycles. The summed E-state index contributed by atoms with van der Waals surface area (Å²) in [6.07, 6.45) is 0.566. The minimum Gasteiger partial charge on any atom is -0.465 e. The van der Waals surface area contributed by atoms with Gasteiger partial charge in [-0.1, -0.05) is 0 Å². The summed E-state index contributed by atoms with van der Waals surface area (Å²) in [6.45, 7) is 3.60. The molecule has 2 aliphatic rings. The van der Waals surface area contributed by atoms with E-state index in [2.05, 4.69) is 0 Å². The fraction of sp³-hybridized carbons (Fsp3) is 0.727. The van der Waals surface area contributed by atoms with Crippen LogP contribution in [0.3, 0.4) is 0 Å². The van der Waals surface area contributed by atoms with Gasteiger partial charge in [0.05, 0.1) is 13.0 Å². The molecule has 0 N–H and O–H groups in total. The van der Waals surface area contributed by atoms with E-state index >= 15 is 0 Å². The molecule has 2 rings (SSSR count). The van der Waals surface area contributed by atoms with E-state index in [0.29, 0.717) is 6.42 Å². The number of fused-ring (bicyclic) bond motifs is 1. The van der Waals surface area contributed by atoms with E-state index in [1.807, 2.05) is 0 Å². The molecule has 0 radical (unpaired) electrons. The van der Waals surface area contributed by atoms with Crippen LogP contribution in [-0.2, 0) is 19.1 Å². The molecule has 4 nitrogen and oxygen atoms in total. The van der Waals surface area contributed by atoms with Crippen LogP contribution in [0.2, 0.25) is 0 Å². The standard InChI is InChI=1S/C11H14O4/c1-3-15-10(14)11(2)7-4-6(7)8(12)5-9(11)13/h6-7H,3-5H2,1-2H3/t6-,7-,11-/m1/s1. The topological polar surface area (TPSA) is 60.4 Å². The highest BCUT2D eigenvalue weighted by Gasteiger charge is 2.64. The third-order valence-corrected chi connectivity index (χ3v) is 3.56. The summed E-state index contributed by atoms with van der Waals surface area (Å²) in [6, 6.07) is 0. The van der Waals surface area contributed by atoms with Crippen LogP contribution in [-0.4, -0.2) is 24.1 Å². The molecule has 0 aromatic rings. The van der Waals surface area contributed by atoms with Crippen molar-refractivity contribution in [2.24, 2.45) is 17.3 Å². The quantitative estimate of drug-likeness (QED) is 0.498. The van der Waals surface area contributed by atoms with Gasteiger partial charge >= 0.3 is 5.97 Å². The summed E-state index contributed by atoms with van der Waals surface area (Å²) in [5.74, 6) is -0.922. The molecule has 3 atom stereocenters. The first-order valence-corrected chi connectivity index (χ1v) is 5.25. The zero-order valence-corrected chi connectivity index (χ0v) is 8.91. The van der Waals surface area contributed by atoms with E-state index in [-0.39, 0.29) is 36.4 Å². The molecule has 0 aromatic carbocycles. The molecule has 82 valence electrons. The van der Waals surface area contributed by atoms with Gasteiger partial charge in [-0.3, -0.25) is 14.4 Å². The molecule has 0 aliphatic heterocycles. The Morgan fingerprint density at radius 3 is 2.80 bits per heavy atom. The summed E-state index contributed by atoms with van der Waals surface area (Å²) in [7, 11) is 0.